The lowest BCUT2D eigenvalue weighted by Gasteiger charge is -2.02. The van der Waals surface area contributed by atoms with Crippen LogP contribution in [0.25, 0.3) is 11.3 Å². The summed E-state index contributed by atoms with van der Waals surface area (Å²) in [4.78, 5) is 10.6. The van der Waals surface area contributed by atoms with Gasteiger partial charge in [0.1, 0.15) is 11.4 Å². The first-order chi connectivity index (χ1) is 7.59. The number of carboxylic acids is 1. The minimum absolute atomic E-state index is 0.0454. The van der Waals surface area contributed by atoms with Crippen molar-refractivity contribution in [2.75, 3.05) is 0 Å². The Kier molecular flexibility index (Phi) is 2.54. The third-order valence-electron chi connectivity index (χ3n) is 2.06. The molecule has 5 nitrogen and oxygen atoms in total. The van der Waals surface area contributed by atoms with E-state index < -0.39 is 5.97 Å². The molecule has 0 aliphatic rings. The molecule has 0 saturated carbocycles. The molecule has 2 rings (SSSR count). The monoisotopic (exact) mass is 238 g/mol. The summed E-state index contributed by atoms with van der Waals surface area (Å²) in [5.74, 6) is -1.17. The van der Waals surface area contributed by atoms with Gasteiger partial charge in [0.2, 0.25) is 0 Å². The number of nitrogens with one attached hydrogen (secondary N) is 1. The van der Waals surface area contributed by atoms with E-state index in [0.29, 0.717) is 16.3 Å². The van der Waals surface area contributed by atoms with Crippen LogP contribution in [0.1, 0.15) is 10.5 Å². The van der Waals surface area contributed by atoms with Gasteiger partial charge in [0.15, 0.2) is 0 Å². The molecule has 0 spiro atoms. The van der Waals surface area contributed by atoms with Crippen LogP contribution < -0.4 is 0 Å². The number of hydrogen-bond donors (Lipinski definition) is 3. The largest absolute Gasteiger partial charge is 0.507 e. The topological polar surface area (TPSA) is 86.2 Å². The number of benzene rings is 1. The molecule has 1 aromatic carbocycles. The number of aromatic carboxylic acids is 1. The lowest BCUT2D eigenvalue weighted by atomic mass is 10.1. The third kappa shape index (κ3) is 1.72. The van der Waals surface area contributed by atoms with Gasteiger partial charge < -0.3 is 10.2 Å². The lowest BCUT2D eigenvalue weighted by molar-refractivity contribution is 0.0690. The first kappa shape index (κ1) is 10.5. The standard InChI is InChI=1S/C10H7ClN2O3/c11-5-2-1-3-8(14)9(5)6-4-7(10(15)16)13-12-6/h1-4,14H,(H,12,13)(H,15,16). The second-order valence-electron chi connectivity index (χ2n) is 3.11. The molecule has 16 heavy (non-hydrogen) atoms. The van der Waals surface area contributed by atoms with Gasteiger partial charge in [-0.2, -0.15) is 5.10 Å². The zero-order valence-electron chi connectivity index (χ0n) is 7.94. The number of hydrogen-bond acceptors (Lipinski definition) is 3. The van der Waals surface area contributed by atoms with Crippen LogP contribution >= 0.6 is 11.6 Å². The van der Waals surface area contributed by atoms with Gasteiger partial charge in [0.25, 0.3) is 0 Å². The van der Waals surface area contributed by atoms with Gasteiger partial charge in [-0.1, -0.05) is 17.7 Å². The molecular formula is C10H7ClN2O3. The Bertz CT molecular complexity index is 530. The fraction of sp³-hybridized carbons (Fsp3) is 0. The normalized spacial score (nSPS) is 10.3. The number of carbonyl (C=O) groups is 1. The number of halogens is 1. The van der Waals surface area contributed by atoms with Gasteiger partial charge in [0.05, 0.1) is 16.3 Å². The molecule has 0 aliphatic carbocycles. The van der Waals surface area contributed by atoms with Crippen LogP contribution in [0.3, 0.4) is 0 Å². The van der Waals surface area contributed by atoms with Crippen molar-refractivity contribution in [1.82, 2.24) is 10.2 Å². The Morgan fingerprint density at radius 3 is 2.75 bits per heavy atom. The molecule has 0 aliphatic heterocycles. The van der Waals surface area contributed by atoms with Crippen molar-refractivity contribution in [2.24, 2.45) is 0 Å². The second-order valence-corrected chi connectivity index (χ2v) is 3.51. The van der Waals surface area contributed by atoms with Gasteiger partial charge in [-0.15, -0.1) is 0 Å². The first-order valence-corrected chi connectivity index (χ1v) is 4.74. The zero-order valence-corrected chi connectivity index (χ0v) is 8.69. The van der Waals surface area contributed by atoms with Gasteiger partial charge in [0, 0.05) is 0 Å². The number of aromatic nitrogens is 2. The highest BCUT2D eigenvalue weighted by Gasteiger charge is 2.14. The van der Waals surface area contributed by atoms with Crippen molar-refractivity contribution in [2.45, 2.75) is 0 Å². The number of H-pyrrole nitrogens is 1. The highest BCUT2D eigenvalue weighted by atomic mass is 35.5. The second kappa shape index (κ2) is 3.86. The molecule has 2 aromatic rings. The van der Waals surface area contributed by atoms with Gasteiger partial charge in [-0.25, -0.2) is 4.79 Å². The van der Waals surface area contributed by atoms with Crippen LogP contribution in [-0.4, -0.2) is 26.4 Å². The summed E-state index contributed by atoms with van der Waals surface area (Å²) in [6.07, 6.45) is 0. The van der Waals surface area contributed by atoms with Crippen molar-refractivity contribution < 1.29 is 15.0 Å². The number of carboxylic acid groups (broad SMARTS) is 1. The number of rotatable bonds is 2. The lowest BCUT2D eigenvalue weighted by Crippen LogP contribution is -1.95. The van der Waals surface area contributed by atoms with Crippen LogP contribution in [0, 0.1) is 0 Å². The van der Waals surface area contributed by atoms with Crippen molar-refractivity contribution in [3.8, 4) is 17.0 Å². The Morgan fingerprint density at radius 1 is 1.44 bits per heavy atom. The molecule has 0 atom stereocenters. The Hall–Kier alpha value is -2.01. The zero-order chi connectivity index (χ0) is 11.7. The number of aromatic amines is 1. The van der Waals surface area contributed by atoms with E-state index in [2.05, 4.69) is 10.2 Å². The molecule has 0 radical (unpaired) electrons. The van der Waals surface area contributed by atoms with E-state index in [9.17, 15) is 9.90 Å². The van der Waals surface area contributed by atoms with Crippen LogP contribution in [0.2, 0.25) is 5.02 Å². The predicted octanol–water partition coefficient (Wildman–Crippen LogP) is 2.13. The van der Waals surface area contributed by atoms with E-state index >= 15 is 0 Å². The maximum Gasteiger partial charge on any atom is 0.353 e. The minimum atomic E-state index is -1.12. The number of phenolic OH excluding ortho intramolecular Hbond substituents is 1. The molecule has 6 heteroatoms. The maximum atomic E-state index is 10.6. The summed E-state index contributed by atoms with van der Waals surface area (Å²) in [5.41, 5.74) is 0.544. The molecule has 0 bridgehead atoms. The summed E-state index contributed by atoms with van der Waals surface area (Å²) in [5, 5.41) is 24.8. The maximum absolute atomic E-state index is 10.6. The van der Waals surface area contributed by atoms with Crippen LogP contribution in [0.15, 0.2) is 24.3 Å². The van der Waals surface area contributed by atoms with E-state index in [4.69, 9.17) is 16.7 Å². The fourth-order valence-corrected chi connectivity index (χ4v) is 1.59. The van der Waals surface area contributed by atoms with E-state index in [1.165, 1.54) is 12.1 Å². The molecule has 82 valence electrons. The van der Waals surface area contributed by atoms with E-state index in [-0.39, 0.29) is 11.4 Å². The smallest absolute Gasteiger partial charge is 0.353 e. The van der Waals surface area contributed by atoms with Gasteiger partial charge in [-0.05, 0) is 18.2 Å². The van der Waals surface area contributed by atoms with Crippen LogP contribution in [0.5, 0.6) is 5.75 Å². The summed E-state index contributed by atoms with van der Waals surface area (Å²) in [6, 6.07) is 5.94. The number of aromatic hydroxyl groups is 1. The Labute approximate surface area is 95.3 Å². The number of phenols is 1. The van der Waals surface area contributed by atoms with E-state index in [1.807, 2.05) is 0 Å². The summed E-state index contributed by atoms with van der Waals surface area (Å²) < 4.78 is 0. The predicted molar refractivity (Wildman–Crippen MR) is 57.7 cm³/mol. The van der Waals surface area contributed by atoms with Crippen molar-refractivity contribution in [3.63, 3.8) is 0 Å². The Morgan fingerprint density at radius 2 is 2.19 bits per heavy atom. The summed E-state index contributed by atoms with van der Waals surface area (Å²) in [6.45, 7) is 0. The van der Waals surface area contributed by atoms with Gasteiger partial charge in [-0.3, -0.25) is 5.10 Å². The molecule has 1 heterocycles. The minimum Gasteiger partial charge on any atom is -0.507 e. The quantitative estimate of drug-likeness (QED) is 0.748. The molecule has 0 saturated heterocycles. The highest BCUT2D eigenvalue weighted by molar-refractivity contribution is 6.33. The molecule has 1 aromatic heterocycles. The molecule has 0 amide bonds. The first-order valence-electron chi connectivity index (χ1n) is 4.36. The summed E-state index contributed by atoms with van der Waals surface area (Å²) in [7, 11) is 0. The third-order valence-corrected chi connectivity index (χ3v) is 2.37. The SMILES string of the molecule is O=C(O)c1cc(-c2c(O)cccc2Cl)n[nH]1. The number of nitrogens with zero attached hydrogens (tertiary/aromatic N) is 1. The van der Waals surface area contributed by atoms with E-state index in [0.717, 1.165) is 0 Å². The average Bonchev–Trinajstić information content (AvgIpc) is 2.66. The highest BCUT2D eigenvalue weighted by Crippen LogP contribution is 2.34. The summed E-state index contributed by atoms with van der Waals surface area (Å²) >= 11 is 5.89. The fourth-order valence-electron chi connectivity index (χ4n) is 1.33. The molecule has 3 N–H and O–H groups in total. The van der Waals surface area contributed by atoms with Crippen molar-refractivity contribution in [1.29, 1.82) is 0 Å². The average molecular weight is 239 g/mol. The van der Waals surface area contributed by atoms with Crippen LogP contribution in [0.4, 0.5) is 0 Å². The van der Waals surface area contributed by atoms with Crippen molar-refractivity contribution in [3.05, 3.63) is 35.0 Å². The molecule has 0 unspecified atom stereocenters. The van der Waals surface area contributed by atoms with Gasteiger partial charge >= 0.3 is 5.97 Å². The van der Waals surface area contributed by atoms with E-state index in [1.54, 1.807) is 12.1 Å². The Balaban J connectivity index is 2.54. The van der Waals surface area contributed by atoms with Crippen LogP contribution in [-0.2, 0) is 0 Å². The molecule has 0 fully saturated rings. The van der Waals surface area contributed by atoms with Crippen molar-refractivity contribution >= 4 is 17.6 Å². The molecular weight excluding hydrogens is 232 g/mol.